The Morgan fingerprint density at radius 2 is 1.47 bits per heavy atom. The van der Waals surface area contributed by atoms with E-state index in [9.17, 15) is 14.4 Å². The van der Waals surface area contributed by atoms with Crippen molar-refractivity contribution in [3.05, 3.63) is 88.1 Å². The highest BCUT2D eigenvalue weighted by atomic mass is 32.1. The summed E-state index contributed by atoms with van der Waals surface area (Å²) in [6.07, 6.45) is 1.07. The van der Waals surface area contributed by atoms with Crippen LogP contribution in [0.1, 0.15) is 32.0 Å². The van der Waals surface area contributed by atoms with E-state index >= 15 is 0 Å². The fourth-order valence-electron chi connectivity index (χ4n) is 2.78. The SMILES string of the molecule is O=C(CCc1ccccc1)Nc1ccc(C(=O)NCCNC(=O)c2cccs2)cc1. The highest BCUT2D eigenvalue weighted by Gasteiger charge is 2.08. The highest BCUT2D eigenvalue weighted by Crippen LogP contribution is 2.11. The van der Waals surface area contributed by atoms with Gasteiger partial charge in [-0.1, -0.05) is 36.4 Å². The number of thiophene rings is 1. The number of nitrogens with one attached hydrogen (secondary N) is 3. The molecule has 3 amide bonds. The summed E-state index contributed by atoms with van der Waals surface area (Å²) in [4.78, 5) is 36.8. The normalized spacial score (nSPS) is 10.3. The number of carbonyl (C=O) groups is 3. The fourth-order valence-corrected chi connectivity index (χ4v) is 3.42. The van der Waals surface area contributed by atoms with E-state index in [1.54, 1.807) is 30.3 Å². The topological polar surface area (TPSA) is 87.3 Å². The van der Waals surface area contributed by atoms with Crippen molar-refractivity contribution in [3.8, 4) is 0 Å². The molecule has 30 heavy (non-hydrogen) atoms. The van der Waals surface area contributed by atoms with Crippen LogP contribution in [0.3, 0.4) is 0 Å². The monoisotopic (exact) mass is 421 g/mol. The van der Waals surface area contributed by atoms with Gasteiger partial charge in [0.2, 0.25) is 5.91 Å². The van der Waals surface area contributed by atoms with E-state index in [-0.39, 0.29) is 17.7 Å². The molecular formula is C23H23N3O3S. The summed E-state index contributed by atoms with van der Waals surface area (Å²) in [5.41, 5.74) is 2.25. The van der Waals surface area contributed by atoms with Crippen molar-refractivity contribution in [2.45, 2.75) is 12.8 Å². The summed E-state index contributed by atoms with van der Waals surface area (Å²) in [5.74, 6) is -0.452. The van der Waals surface area contributed by atoms with Crippen molar-refractivity contribution in [1.29, 1.82) is 0 Å². The first-order valence-electron chi connectivity index (χ1n) is 9.65. The molecule has 2 aromatic carbocycles. The number of benzene rings is 2. The molecule has 3 aromatic rings. The van der Waals surface area contributed by atoms with Gasteiger partial charge in [0.15, 0.2) is 0 Å². The molecule has 0 fully saturated rings. The third kappa shape index (κ3) is 6.56. The minimum Gasteiger partial charge on any atom is -0.350 e. The summed E-state index contributed by atoms with van der Waals surface area (Å²) in [5, 5.41) is 10.2. The molecule has 0 radical (unpaired) electrons. The highest BCUT2D eigenvalue weighted by molar-refractivity contribution is 7.12. The molecule has 0 saturated heterocycles. The maximum absolute atomic E-state index is 12.2. The van der Waals surface area contributed by atoms with Gasteiger partial charge in [0.1, 0.15) is 0 Å². The molecule has 154 valence electrons. The van der Waals surface area contributed by atoms with Gasteiger partial charge in [0.05, 0.1) is 4.88 Å². The molecule has 3 N–H and O–H groups in total. The van der Waals surface area contributed by atoms with Gasteiger partial charge in [-0.15, -0.1) is 11.3 Å². The number of hydrogen-bond acceptors (Lipinski definition) is 4. The third-order valence-corrected chi connectivity index (χ3v) is 5.22. The lowest BCUT2D eigenvalue weighted by atomic mass is 10.1. The molecule has 3 rings (SSSR count). The first kappa shape index (κ1) is 21.3. The zero-order valence-electron chi connectivity index (χ0n) is 16.4. The van der Waals surface area contributed by atoms with Crippen LogP contribution in [-0.4, -0.2) is 30.8 Å². The zero-order valence-corrected chi connectivity index (χ0v) is 17.2. The van der Waals surface area contributed by atoms with Gasteiger partial charge >= 0.3 is 0 Å². The number of amides is 3. The van der Waals surface area contributed by atoms with E-state index in [1.807, 2.05) is 41.8 Å². The lowest BCUT2D eigenvalue weighted by molar-refractivity contribution is -0.116. The second-order valence-corrected chi connectivity index (χ2v) is 7.55. The number of aryl methyl sites for hydroxylation is 1. The zero-order chi connectivity index (χ0) is 21.2. The molecule has 0 aliphatic heterocycles. The molecule has 0 spiro atoms. The summed E-state index contributed by atoms with van der Waals surface area (Å²) in [6, 6.07) is 20.1. The fraction of sp³-hybridized carbons (Fsp3) is 0.174. The lowest BCUT2D eigenvalue weighted by Gasteiger charge is -2.08. The van der Waals surface area contributed by atoms with Crippen molar-refractivity contribution in [1.82, 2.24) is 10.6 Å². The van der Waals surface area contributed by atoms with E-state index in [2.05, 4.69) is 16.0 Å². The first-order valence-corrected chi connectivity index (χ1v) is 10.5. The van der Waals surface area contributed by atoms with Crippen LogP contribution in [0.5, 0.6) is 0 Å². The van der Waals surface area contributed by atoms with E-state index in [4.69, 9.17) is 0 Å². The van der Waals surface area contributed by atoms with Crippen LogP contribution in [0, 0.1) is 0 Å². The average Bonchev–Trinajstić information content (AvgIpc) is 3.31. The Hall–Kier alpha value is -3.45. The molecule has 1 heterocycles. The molecule has 6 nitrogen and oxygen atoms in total. The molecule has 0 bridgehead atoms. The van der Waals surface area contributed by atoms with Crippen molar-refractivity contribution < 1.29 is 14.4 Å². The molecule has 0 unspecified atom stereocenters. The Labute approximate surface area is 179 Å². The van der Waals surface area contributed by atoms with Crippen LogP contribution in [0.2, 0.25) is 0 Å². The molecule has 0 saturated carbocycles. The van der Waals surface area contributed by atoms with Crippen LogP contribution < -0.4 is 16.0 Å². The number of hydrogen-bond donors (Lipinski definition) is 3. The van der Waals surface area contributed by atoms with Crippen molar-refractivity contribution in [2.75, 3.05) is 18.4 Å². The summed E-state index contributed by atoms with van der Waals surface area (Å²) < 4.78 is 0. The van der Waals surface area contributed by atoms with Crippen molar-refractivity contribution in [2.24, 2.45) is 0 Å². The maximum Gasteiger partial charge on any atom is 0.261 e. The quantitative estimate of drug-likeness (QED) is 0.462. The largest absolute Gasteiger partial charge is 0.350 e. The Morgan fingerprint density at radius 1 is 0.767 bits per heavy atom. The van der Waals surface area contributed by atoms with E-state index in [0.717, 1.165) is 5.56 Å². The summed E-state index contributed by atoms with van der Waals surface area (Å²) >= 11 is 1.37. The Kier molecular flexibility index (Phi) is 7.74. The van der Waals surface area contributed by atoms with Crippen LogP contribution >= 0.6 is 11.3 Å². The number of carbonyl (C=O) groups excluding carboxylic acids is 3. The average molecular weight is 422 g/mol. The lowest BCUT2D eigenvalue weighted by Crippen LogP contribution is -2.34. The minimum absolute atomic E-state index is 0.0717. The van der Waals surface area contributed by atoms with E-state index in [0.29, 0.717) is 42.1 Å². The molecular weight excluding hydrogens is 398 g/mol. The van der Waals surface area contributed by atoms with Crippen LogP contribution in [0.25, 0.3) is 0 Å². The second kappa shape index (κ2) is 10.9. The van der Waals surface area contributed by atoms with Crippen LogP contribution in [0.15, 0.2) is 72.1 Å². The predicted molar refractivity (Wildman–Crippen MR) is 119 cm³/mol. The van der Waals surface area contributed by atoms with Gasteiger partial charge in [-0.05, 0) is 47.7 Å². The van der Waals surface area contributed by atoms with Crippen LogP contribution in [-0.2, 0) is 11.2 Å². The van der Waals surface area contributed by atoms with Gasteiger partial charge in [0.25, 0.3) is 11.8 Å². The predicted octanol–water partition coefficient (Wildman–Crippen LogP) is 3.48. The molecule has 0 aliphatic carbocycles. The Morgan fingerprint density at radius 3 is 2.13 bits per heavy atom. The number of anilines is 1. The van der Waals surface area contributed by atoms with E-state index in [1.165, 1.54) is 11.3 Å². The number of rotatable bonds is 9. The first-order chi connectivity index (χ1) is 14.6. The summed E-state index contributed by atoms with van der Waals surface area (Å²) in [6.45, 7) is 0.673. The van der Waals surface area contributed by atoms with Gasteiger partial charge in [-0.2, -0.15) is 0 Å². The minimum atomic E-state index is -0.234. The Bertz CT molecular complexity index is 971. The maximum atomic E-state index is 12.2. The summed E-state index contributed by atoms with van der Waals surface area (Å²) in [7, 11) is 0. The second-order valence-electron chi connectivity index (χ2n) is 6.60. The molecule has 0 aliphatic rings. The molecule has 0 atom stereocenters. The smallest absolute Gasteiger partial charge is 0.261 e. The third-order valence-electron chi connectivity index (χ3n) is 4.36. The van der Waals surface area contributed by atoms with Gasteiger partial charge in [-0.25, -0.2) is 0 Å². The Balaban J connectivity index is 1.38. The van der Waals surface area contributed by atoms with Crippen LogP contribution in [0.4, 0.5) is 5.69 Å². The molecule has 1 aromatic heterocycles. The van der Waals surface area contributed by atoms with Gasteiger partial charge < -0.3 is 16.0 Å². The van der Waals surface area contributed by atoms with E-state index < -0.39 is 0 Å². The molecule has 7 heteroatoms. The van der Waals surface area contributed by atoms with Crippen molar-refractivity contribution in [3.63, 3.8) is 0 Å². The van der Waals surface area contributed by atoms with Crippen molar-refractivity contribution >= 4 is 34.7 Å². The standard InChI is InChI=1S/C23H23N3O3S/c27-21(13-8-17-5-2-1-3-6-17)26-19-11-9-18(10-12-19)22(28)24-14-15-25-23(29)20-7-4-16-30-20/h1-7,9-12,16H,8,13-15H2,(H,24,28)(H,25,29)(H,26,27). The van der Waals surface area contributed by atoms with Gasteiger partial charge in [0, 0.05) is 30.8 Å². The van der Waals surface area contributed by atoms with Gasteiger partial charge in [-0.3, -0.25) is 14.4 Å².